The summed E-state index contributed by atoms with van der Waals surface area (Å²) in [7, 11) is 0. The lowest BCUT2D eigenvalue weighted by molar-refractivity contribution is 0.556. The van der Waals surface area contributed by atoms with Crippen molar-refractivity contribution in [2.24, 2.45) is 5.92 Å². The number of nitrogens with zero attached hydrogens (tertiary/aromatic N) is 1. The number of halogens is 1. The Labute approximate surface area is 93.3 Å². The summed E-state index contributed by atoms with van der Waals surface area (Å²) in [5.74, 6) is 0.787. The molecule has 14 heavy (non-hydrogen) atoms. The summed E-state index contributed by atoms with van der Waals surface area (Å²) in [5, 5.41) is 3.57. The Balaban J connectivity index is 2.07. The van der Waals surface area contributed by atoms with Crippen LogP contribution in [-0.2, 0) is 0 Å². The van der Waals surface area contributed by atoms with Crippen LogP contribution in [0, 0.1) is 5.92 Å². The second-order valence-electron chi connectivity index (χ2n) is 4.01. The van der Waals surface area contributed by atoms with Gasteiger partial charge in [-0.1, -0.05) is 13.3 Å². The molecule has 2 unspecified atom stereocenters. The van der Waals surface area contributed by atoms with Crippen LogP contribution in [0.4, 0.5) is 5.69 Å². The zero-order valence-electron chi connectivity index (χ0n) is 8.33. The molecule has 0 aliphatic heterocycles. The Morgan fingerprint density at radius 1 is 1.50 bits per heavy atom. The van der Waals surface area contributed by atoms with E-state index in [1.54, 1.807) is 0 Å². The summed E-state index contributed by atoms with van der Waals surface area (Å²) in [6.45, 7) is 2.32. The van der Waals surface area contributed by atoms with E-state index in [1.165, 1.54) is 24.9 Å². The third-order valence-corrected chi connectivity index (χ3v) is 3.61. The van der Waals surface area contributed by atoms with Gasteiger partial charge in [0.2, 0.25) is 0 Å². The van der Waals surface area contributed by atoms with Gasteiger partial charge in [-0.2, -0.15) is 0 Å². The first-order valence-corrected chi connectivity index (χ1v) is 5.92. The SMILES string of the molecule is CC1CCCC1Nc1ccncc1Br. The van der Waals surface area contributed by atoms with Crippen LogP contribution in [0.2, 0.25) is 0 Å². The smallest absolute Gasteiger partial charge is 0.0590 e. The van der Waals surface area contributed by atoms with Crippen LogP contribution in [0.25, 0.3) is 0 Å². The van der Waals surface area contributed by atoms with Gasteiger partial charge in [0.05, 0.1) is 10.2 Å². The minimum Gasteiger partial charge on any atom is -0.381 e. The number of rotatable bonds is 2. The molecule has 1 aliphatic carbocycles. The Morgan fingerprint density at radius 3 is 3.00 bits per heavy atom. The summed E-state index contributed by atoms with van der Waals surface area (Å²) in [6.07, 6.45) is 7.65. The van der Waals surface area contributed by atoms with Crippen molar-refractivity contribution >= 4 is 21.6 Å². The molecular formula is C11H15BrN2. The highest BCUT2D eigenvalue weighted by Crippen LogP contribution is 2.30. The molecule has 0 saturated heterocycles. The van der Waals surface area contributed by atoms with E-state index in [2.05, 4.69) is 33.2 Å². The van der Waals surface area contributed by atoms with Crippen LogP contribution in [0.3, 0.4) is 0 Å². The van der Waals surface area contributed by atoms with Crippen LogP contribution < -0.4 is 5.32 Å². The van der Waals surface area contributed by atoms with Gasteiger partial charge in [0.15, 0.2) is 0 Å². The number of anilines is 1. The van der Waals surface area contributed by atoms with Crippen LogP contribution in [0.1, 0.15) is 26.2 Å². The molecule has 0 aromatic carbocycles. The standard InChI is InChI=1S/C11H15BrN2/c1-8-3-2-4-10(8)14-11-5-6-13-7-9(11)12/h5-8,10H,2-4H2,1H3,(H,13,14). The molecule has 2 nitrogen and oxygen atoms in total. The van der Waals surface area contributed by atoms with Crippen molar-refractivity contribution in [1.82, 2.24) is 4.98 Å². The number of hydrogen-bond acceptors (Lipinski definition) is 2. The van der Waals surface area contributed by atoms with Crippen molar-refractivity contribution < 1.29 is 0 Å². The summed E-state index contributed by atoms with van der Waals surface area (Å²) in [4.78, 5) is 4.05. The van der Waals surface area contributed by atoms with Crippen molar-refractivity contribution in [1.29, 1.82) is 0 Å². The molecule has 0 bridgehead atoms. The molecule has 76 valence electrons. The van der Waals surface area contributed by atoms with Gasteiger partial charge in [0.1, 0.15) is 0 Å². The lowest BCUT2D eigenvalue weighted by Crippen LogP contribution is -2.21. The van der Waals surface area contributed by atoms with E-state index < -0.39 is 0 Å². The first-order chi connectivity index (χ1) is 6.77. The highest BCUT2D eigenvalue weighted by Gasteiger charge is 2.23. The topological polar surface area (TPSA) is 24.9 Å². The van der Waals surface area contributed by atoms with Crippen LogP contribution in [0.5, 0.6) is 0 Å². The lowest BCUT2D eigenvalue weighted by atomic mass is 10.1. The second-order valence-corrected chi connectivity index (χ2v) is 4.87. The van der Waals surface area contributed by atoms with Crippen LogP contribution >= 0.6 is 15.9 Å². The molecule has 1 N–H and O–H groups in total. The maximum absolute atomic E-state index is 4.05. The molecule has 1 heterocycles. The maximum atomic E-state index is 4.05. The average Bonchev–Trinajstić information content (AvgIpc) is 2.56. The van der Waals surface area contributed by atoms with Gasteiger partial charge in [-0.25, -0.2) is 0 Å². The second kappa shape index (κ2) is 4.30. The normalized spacial score (nSPS) is 26.4. The van der Waals surface area contributed by atoms with E-state index in [-0.39, 0.29) is 0 Å². The maximum Gasteiger partial charge on any atom is 0.0590 e. The monoisotopic (exact) mass is 254 g/mol. The minimum atomic E-state index is 0.633. The predicted octanol–water partition coefficient (Wildman–Crippen LogP) is 3.44. The van der Waals surface area contributed by atoms with E-state index in [0.29, 0.717) is 6.04 Å². The Morgan fingerprint density at radius 2 is 2.36 bits per heavy atom. The van der Waals surface area contributed by atoms with Crippen molar-refractivity contribution in [3.05, 3.63) is 22.9 Å². The molecule has 0 amide bonds. The van der Waals surface area contributed by atoms with E-state index >= 15 is 0 Å². The first kappa shape index (κ1) is 9.97. The lowest BCUT2D eigenvalue weighted by Gasteiger charge is -2.19. The summed E-state index contributed by atoms with van der Waals surface area (Å²) >= 11 is 3.50. The summed E-state index contributed by atoms with van der Waals surface area (Å²) < 4.78 is 1.05. The molecule has 1 aliphatic rings. The first-order valence-electron chi connectivity index (χ1n) is 5.13. The fourth-order valence-corrected chi connectivity index (χ4v) is 2.42. The Hall–Kier alpha value is -0.570. The van der Waals surface area contributed by atoms with Gasteiger partial charge >= 0.3 is 0 Å². The van der Waals surface area contributed by atoms with E-state index in [9.17, 15) is 0 Å². The molecule has 0 spiro atoms. The van der Waals surface area contributed by atoms with Crippen molar-refractivity contribution in [3.63, 3.8) is 0 Å². The third kappa shape index (κ3) is 2.08. The number of nitrogens with one attached hydrogen (secondary N) is 1. The highest BCUT2D eigenvalue weighted by molar-refractivity contribution is 9.10. The molecule has 1 fully saturated rings. The molecule has 1 aromatic heterocycles. The van der Waals surface area contributed by atoms with E-state index in [1.807, 2.05) is 18.5 Å². The largest absolute Gasteiger partial charge is 0.381 e. The highest BCUT2D eigenvalue weighted by atomic mass is 79.9. The minimum absolute atomic E-state index is 0.633. The van der Waals surface area contributed by atoms with Gasteiger partial charge in [-0.05, 0) is 40.8 Å². The van der Waals surface area contributed by atoms with Crippen LogP contribution in [-0.4, -0.2) is 11.0 Å². The third-order valence-electron chi connectivity index (χ3n) is 2.97. The van der Waals surface area contributed by atoms with Crippen molar-refractivity contribution in [3.8, 4) is 0 Å². The van der Waals surface area contributed by atoms with Crippen molar-refractivity contribution in [2.75, 3.05) is 5.32 Å². The number of aromatic nitrogens is 1. The zero-order chi connectivity index (χ0) is 9.97. The van der Waals surface area contributed by atoms with E-state index in [4.69, 9.17) is 0 Å². The van der Waals surface area contributed by atoms with Crippen molar-refractivity contribution in [2.45, 2.75) is 32.2 Å². The molecule has 0 radical (unpaired) electrons. The van der Waals surface area contributed by atoms with Gasteiger partial charge < -0.3 is 5.32 Å². The van der Waals surface area contributed by atoms with Gasteiger partial charge in [-0.15, -0.1) is 0 Å². The summed E-state index contributed by atoms with van der Waals surface area (Å²) in [6, 6.07) is 2.66. The Kier molecular flexibility index (Phi) is 3.06. The fraction of sp³-hybridized carbons (Fsp3) is 0.545. The van der Waals surface area contributed by atoms with Gasteiger partial charge in [0, 0.05) is 18.4 Å². The van der Waals surface area contributed by atoms with Gasteiger partial charge in [0.25, 0.3) is 0 Å². The Bertz CT molecular complexity index is 314. The number of pyridine rings is 1. The molecular weight excluding hydrogens is 240 g/mol. The predicted molar refractivity (Wildman–Crippen MR) is 62.4 cm³/mol. The average molecular weight is 255 g/mol. The quantitative estimate of drug-likeness (QED) is 0.875. The molecule has 3 heteroatoms. The zero-order valence-corrected chi connectivity index (χ0v) is 9.92. The van der Waals surface area contributed by atoms with E-state index in [0.717, 1.165) is 10.4 Å². The molecule has 2 atom stereocenters. The molecule has 1 aromatic rings. The molecule has 2 rings (SSSR count). The summed E-state index contributed by atoms with van der Waals surface area (Å²) in [5.41, 5.74) is 1.17. The fourth-order valence-electron chi connectivity index (χ4n) is 2.05. The van der Waals surface area contributed by atoms with Crippen LogP contribution in [0.15, 0.2) is 22.9 Å². The number of hydrogen-bond donors (Lipinski definition) is 1. The molecule has 1 saturated carbocycles. The van der Waals surface area contributed by atoms with Gasteiger partial charge in [-0.3, -0.25) is 4.98 Å².